The SMILES string of the molecule is Cl.N[C@H](CC[C@@H](N)c1ccccc1)c1ccccc1. The Balaban J connectivity index is 0.00000180. The standard InChI is InChI=1S/C16H20N2.ClH/c17-15(13-7-3-1-4-8-13)11-12-16(18)14-9-5-2-6-10-14;/h1-10,15-16H,11-12,17-18H2;1H/t15-,16-;/m1./s1. The average Bonchev–Trinajstić information content (AvgIpc) is 2.46. The van der Waals surface area contributed by atoms with Crippen molar-refractivity contribution in [2.45, 2.75) is 24.9 Å². The smallest absolute Gasteiger partial charge is 0.0295 e. The van der Waals surface area contributed by atoms with Crippen molar-refractivity contribution in [3.8, 4) is 0 Å². The van der Waals surface area contributed by atoms with Crippen LogP contribution in [0.15, 0.2) is 60.7 Å². The molecule has 102 valence electrons. The molecule has 3 heteroatoms. The second-order valence-electron chi connectivity index (χ2n) is 4.61. The Labute approximate surface area is 121 Å². The van der Waals surface area contributed by atoms with E-state index in [-0.39, 0.29) is 24.5 Å². The maximum Gasteiger partial charge on any atom is 0.0295 e. The zero-order valence-corrected chi connectivity index (χ0v) is 11.7. The predicted octanol–water partition coefficient (Wildman–Crippen LogP) is 3.59. The van der Waals surface area contributed by atoms with Gasteiger partial charge in [0.1, 0.15) is 0 Å². The van der Waals surface area contributed by atoms with Gasteiger partial charge in [0.2, 0.25) is 0 Å². The second-order valence-corrected chi connectivity index (χ2v) is 4.61. The molecule has 0 aliphatic heterocycles. The molecule has 2 aromatic carbocycles. The minimum Gasteiger partial charge on any atom is -0.324 e. The van der Waals surface area contributed by atoms with Crippen LogP contribution in [0, 0.1) is 0 Å². The molecule has 0 aliphatic rings. The Morgan fingerprint density at radius 3 is 1.26 bits per heavy atom. The summed E-state index contributed by atoms with van der Waals surface area (Å²) in [5.74, 6) is 0. The third kappa shape index (κ3) is 4.67. The zero-order chi connectivity index (χ0) is 12.8. The molecule has 19 heavy (non-hydrogen) atoms. The van der Waals surface area contributed by atoms with E-state index in [0.717, 1.165) is 12.8 Å². The fourth-order valence-electron chi connectivity index (χ4n) is 2.09. The minimum atomic E-state index is 0. The summed E-state index contributed by atoms with van der Waals surface area (Å²) in [5, 5.41) is 0. The van der Waals surface area contributed by atoms with Gasteiger partial charge in [-0.2, -0.15) is 0 Å². The first-order valence-corrected chi connectivity index (χ1v) is 6.38. The largest absolute Gasteiger partial charge is 0.324 e. The molecule has 2 rings (SSSR count). The molecule has 2 atom stereocenters. The molecule has 2 aromatic rings. The van der Waals surface area contributed by atoms with Crippen molar-refractivity contribution in [2.75, 3.05) is 0 Å². The van der Waals surface area contributed by atoms with Crippen molar-refractivity contribution in [3.63, 3.8) is 0 Å². The number of hydrogen-bond donors (Lipinski definition) is 2. The lowest BCUT2D eigenvalue weighted by Crippen LogP contribution is -2.15. The van der Waals surface area contributed by atoms with Gasteiger partial charge in [-0.3, -0.25) is 0 Å². The molecule has 0 amide bonds. The fraction of sp³-hybridized carbons (Fsp3) is 0.250. The van der Waals surface area contributed by atoms with Crippen molar-refractivity contribution in [2.24, 2.45) is 11.5 Å². The highest BCUT2D eigenvalue weighted by molar-refractivity contribution is 5.85. The van der Waals surface area contributed by atoms with Crippen molar-refractivity contribution in [1.29, 1.82) is 0 Å². The third-order valence-corrected chi connectivity index (χ3v) is 3.24. The number of rotatable bonds is 5. The summed E-state index contributed by atoms with van der Waals surface area (Å²) in [5.41, 5.74) is 14.7. The minimum absolute atomic E-state index is 0. The van der Waals surface area contributed by atoms with E-state index >= 15 is 0 Å². The highest BCUT2D eigenvalue weighted by Gasteiger charge is 2.10. The number of benzene rings is 2. The molecule has 2 nitrogen and oxygen atoms in total. The van der Waals surface area contributed by atoms with Gasteiger partial charge in [-0.1, -0.05) is 60.7 Å². The quantitative estimate of drug-likeness (QED) is 0.877. The molecule has 0 spiro atoms. The average molecular weight is 277 g/mol. The number of nitrogens with two attached hydrogens (primary N) is 2. The van der Waals surface area contributed by atoms with Crippen molar-refractivity contribution in [1.82, 2.24) is 0 Å². The van der Waals surface area contributed by atoms with E-state index in [1.807, 2.05) is 36.4 Å². The lowest BCUT2D eigenvalue weighted by atomic mass is 9.97. The van der Waals surface area contributed by atoms with Crippen LogP contribution in [0.4, 0.5) is 0 Å². The molecule has 0 saturated heterocycles. The van der Waals surface area contributed by atoms with Gasteiger partial charge in [-0.25, -0.2) is 0 Å². The maximum absolute atomic E-state index is 6.17. The van der Waals surface area contributed by atoms with Crippen LogP contribution in [0.1, 0.15) is 36.1 Å². The van der Waals surface area contributed by atoms with E-state index < -0.39 is 0 Å². The van der Waals surface area contributed by atoms with E-state index in [9.17, 15) is 0 Å². The molecular weight excluding hydrogens is 256 g/mol. The number of hydrogen-bond acceptors (Lipinski definition) is 2. The first-order valence-electron chi connectivity index (χ1n) is 6.38. The Morgan fingerprint density at radius 1 is 0.632 bits per heavy atom. The van der Waals surface area contributed by atoms with Gasteiger partial charge in [0, 0.05) is 12.1 Å². The molecular formula is C16H21ClN2. The Bertz CT molecular complexity index is 413. The van der Waals surface area contributed by atoms with Crippen LogP contribution in [0.2, 0.25) is 0 Å². The van der Waals surface area contributed by atoms with E-state index in [0.29, 0.717) is 0 Å². The van der Waals surface area contributed by atoms with Crippen LogP contribution in [-0.4, -0.2) is 0 Å². The lowest BCUT2D eigenvalue weighted by Gasteiger charge is -2.16. The van der Waals surface area contributed by atoms with Gasteiger partial charge in [0.05, 0.1) is 0 Å². The van der Waals surface area contributed by atoms with E-state index in [4.69, 9.17) is 11.5 Å². The zero-order valence-electron chi connectivity index (χ0n) is 10.9. The predicted molar refractivity (Wildman–Crippen MR) is 83.2 cm³/mol. The summed E-state index contributed by atoms with van der Waals surface area (Å²) < 4.78 is 0. The van der Waals surface area contributed by atoms with Gasteiger partial charge < -0.3 is 11.5 Å². The van der Waals surface area contributed by atoms with Crippen molar-refractivity contribution < 1.29 is 0 Å². The summed E-state index contributed by atoms with van der Waals surface area (Å²) in [7, 11) is 0. The Hall–Kier alpha value is -1.35. The van der Waals surface area contributed by atoms with Crippen LogP contribution in [0.25, 0.3) is 0 Å². The van der Waals surface area contributed by atoms with Crippen LogP contribution in [-0.2, 0) is 0 Å². The molecule has 0 heterocycles. The van der Waals surface area contributed by atoms with Gasteiger partial charge in [0.25, 0.3) is 0 Å². The van der Waals surface area contributed by atoms with Crippen molar-refractivity contribution in [3.05, 3.63) is 71.8 Å². The molecule has 0 fully saturated rings. The summed E-state index contributed by atoms with van der Waals surface area (Å²) in [6.07, 6.45) is 1.81. The first kappa shape index (κ1) is 15.7. The molecule has 0 aromatic heterocycles. The molecule has 4 N–H and O–H groups in total. The highest BCUT2D eigenvalue weighted by atomic mass is 35.5. The lowest BCUT2D eigenvalue weighted by molar-refractivity contribution is 0.546. The van der Waals surface area contributed by atoms with Crippen LogP contribution in [0.5, 0.6) is 0 Å². The fourth-order valence-corrected chi connectivity index (χ4v) is 2.09. The second kappa shape index (κ2) is 7.95. The summed E-state index contributed by atoms with van der Waals surface area (Å²) in [6.45, 7) is 0. The summed E-state index contributed by atoms with van der Waals surface area (Å²) in [4.78, 5) is 0. The van der Waals surface area contributed by atoms with Gasteiger partial charge >= 0.3 is 0 Å². The Kier molecular flexibility index (Phi) is 6.57. The molecule has 0 unspecified atom stereocenters. The van der Waals surface area contributed by atoms with Gasteiger partial charge in [0.15, 0.2) is 0 Å². The van der Waals surface area contributed by atoms with E-state index in [1.54, 1.807) is 0 Å². The van der Waals surface area contributed by atoms with Crippen LogP contribution >= 0.6 is 12.4 Å². The topological polar surface area (TPSA) is 52.0 Å². The maximum atomic E-state index is 6.17. The van der Waals surface area contributed by atoms with Gasteiger partial charge in [-0.05, 0) is 24.0 Å². The highest BCUT2D eigenvalue weighted by Crippen LogP contribution is 2.21. The van der Waals surface area contributed by atoms with Gasteiger partial charge in [-0.15, -0.1) is 12.4 Å². The normalized spacial score (nSPS) is 13.4. The first-order chi connectivity index (χ1) is 8.77. The van der Waals surface area contributed by atoms with E-state index in [2.05, 4.69) is 24.3 Å². The van der Waals surface area contributed by atoms with E-state index in [1.165, 1.54) is 11.1 Å². The molecule has 0 aliphatic carbocycles. The van der Waals surface area contributed by atoms with Crippen LogP contribution < -0.4 is 11.5 Å². The molecule has 0 saturated carbocycles. The summed E-state index contributed by atoms with van der Waals surface area (Å²) >= 11 is 0. The molecule has 0 bridgehead atoms. The third-order valence-electron chi connectivity index (χ3n) is 3.24. The summed E-state index contributed by atoms with van der Waals surface area (Å²) in [6, 6.07) is 20.5. The Morgan fingerprint density at radius 2 is 0.947 bits per heavy atom. The number of halogens is 1. The van der Waals surface area contributed by atoms with Crippen LogP contribution in [0.3, 0.4) is 0 Å². The molecule has 0 radical (unpaired) electrons. The monoisotopic (exact) mass is 276 g/mol. The van der Waals surface area contributed by atoms with Crippen molar-refractivity contribution >= 4 is 12.4 Å².